The van der Waals surface area contributed by atoms with Crippen LogP contribution < -0.4 is 15.6 Å². The van der Waals surface area contributed by atoms with Crippen molar-refractivity contribution in [2.45, 2.75) is 12.7 Å². The van der Waals surface area contributed by atoms with Crippen molar-refractivity contribution in [1.29, 1.82) is 0 Å². The number of halogens is 3. The number of nitrogens with one attached hydrogen (secondary N) is 1. The van der Waals surface area contributed by atoms with Crippen molar-refractivity contribution in [2.75, 3.05) is 12.4 Å². The van der Waals surface area contributed by atoms with Crippen LogP contribution in [0.4, 0.5) is 18.9 Å². The molecule has 0 aliphatic heterocycles. The molecule has 0 spiro atoms. The van der Waals surface area contributed by atoms with Gasteiger partial charge in [0, 0.05) is 17.3 Å². The summed E-state index contributed by atoms with van der Waals surface area (Å²) in [4.78, 5) is 24.3. The molecule has 3 rings (SSSR count). The summed E-state index contributed by atoms with van der Waals surface area (Å²) in [5, 5.41) is 6.64. The lowest BCUT2D eigenvalue weighted by Gasteiger charge is -2.11. The maximum atomic E-state index is 12.6. The van der Waals surface area contributed by atoms with Gasteiger partial charge in [-0.25, -0.2) is 4.68 Å². The molecule has 150 valence electrons. The number of rotatable bonds is 5. The second-order valence-corrected chi connectivity index (χ2v) is 6.04. The minimum absolute atomic E-state index is 0.178. The van der Waals surface area contributed by atoms with Gasteiger partial charge in [-0.2, -0.15) is 18.3 Å². The maximum absolute atomic E-state index is 12.6. The molecule has 1 amide bonds. The van der Waals surface area contributed by atoms with Crippen LogP contribution in [0.1, 0.15) is 5.56 Å². The maximum Gasteiger partial charge on any atom is 0.416 e. The van der Waals surface area contributed by atoms with Crippen LogP contribution in [0.25, 0.3) is 11.3 Å². The molecular formula is C20H16F3N3O3. The first-order valence-corrected chi connectivity index (χ1v) is 8.46. The van der Waals surface area contributed by atoms with E-state index in [2.05, 4.69) is 10.4 Å². The number of hydrogen-bond donors (Lipinski definition) is 1. The molecule has 6 nitrogen and oxygen atoms in total. The molecule has 2 aromatic carbocycles. The van der Waals surface area contributed by atoms with Crippen LogP contribution in [0, 0.1) is 0 Å². The zero-order valence-electron chi connectivity index (χ0n) is 15.2. The van der Waals surface area contributed by atoms with Crippen LogP contribution in [-0.2, 0) is 17.5 Å². The van der Waals surface area contributed by atoms with Crippen LogP contribution in [0.2, 0.25) is 0 Å². The number of aromatic nitrogens is 2. The van der Waals surface area contributed by atoms with E-state index in [1.807, 2.05) is 0 Å². The number of carbonyl (C=O) groups is 1. The van der Waals surface area contributed by atoms with Gasteiger partial charge in [-0.1, -0.05) is 12.1 Å². The van der Waals surface area contributed by atoms with Crippen LogP contribution in [-0.4, -0.2) is 22.8 Å². The number of hydrogen-bond acceptors (Lipinski definition) is 4. The lowest BCUT2D eigenvalue weighted by atomic mass is 10.1. The predicted molar refractivity (Wildman–Crippen MR) is 101 cm³/mol. The third kappa shape index (κ3) is 4.81. The Morgan fingerprint density at radius 2 is 1.76 bits per heavy atom. The SMILES string of the molecule is COc1ccccc1-c1ccc(=O)n(CC(=O)Nc2ccc(C(F)(F)F)cc2)n1. The van der Waals surface area contributed by atoms with E-state index >= 15 is 0 Å². The lowest BCUT2D eigenvalue weighted by molar-refractivity contribution is -0.137. The average Bonchev–Trinajstić information content (AvgIpc) is 2.69. The largest absolute Gasteiger partial charge is 0.496 e. The summed E-state index contributed by atoms with van der Waals surface area (Å²) in [5.41, 5.74) is -0.0580. The summed E-state index contributed by atoms with van der Waals surface area (Å²) >= 11 is 0. The summed E-state index contributed by atoms with van der Waals surface area (Å²) in [6.45, 7) is -0.400. The Hall–Kier alpha value is -3.62. The Morgan fingerprint density at radius 3 is 2.41 bits per heavy atom. The zero-order chi connectivity index (χ0) is 21.0. The van der Waals surface area contributed by atoms with Gasteiger partial charge < -0.3 is 10.1 Å². The van der Waals surface area contributed by atoms with Crippen molar-refractivity contribution in [3.05, 3.63) is 76.6 Å². The fourth-order valence-corrected chi connectivity index (χ4v) is 2.64. The quantitative estimate of drug-likeness (QED) is 0.707. The number of benzene rings is 2. The normalized spacial score (nSPS) is 11.2. The molecule has 29 heavy (non-hydrogen) atoms. The van der Waals surface area contributed by atoms with Gasteiger partial charge in [-0.05, 0) is 42.5 Å². The molecule has 0 aliphatic rings. The second-order valence-electron chi connectivity index (χ2n) is 6.04. The summed E-state index contributed by atoms with van der Waals surface area (Å²) in [7, 11) is 1.51. The van der Waals surface area contributed by atoms with E-state index in [1.54, 1.807) is 24.3 Å². The number of methoxy groups -OCH3 is 1. The van der Waals surface area contributed by atoms with Gasteiger partial charge in [0.15, 0.2) is 0 Å². The zero-order valence-corrected chi connectivity index (χ0v) is 15.2. The number of ether oxygens (including phenoxy) is 1. The first-order valence-electron chi connectivity index (χ1n) is 8.46. The third-order valence-electron chi connectivity index (χ3n) is 4.04. The van der Waals surface area contributed by atoms with E-state index in [0.717, 1.165) is 28.9 Å². The summed E-state index contributed by atoms with van der Waals surface area (Å²) in [6, 6.07) is 13.9. The van der Waals surface area contributed by atoms with Crippen molar-refractivity contribution in [3.63, 3.8) is 0 Å². The summed E-state index contributed by atoms with van der Waals surface area (Å²) < 4.78 is 44.1. The smallest absolute Gasteiger partial charge is 0.416 e. The van der Waals surface area contributed by atoms with Crippen molar-refractivity contribution < 1.29 is 22.7 Å². The van der Waals surface area contributed by atoms with Crippen LogP contribution in [0.5, 0.6) is 5.75 Å². The van der Waals surface area contributed by atoms with Crippen molar-refractivity contribution in [3.8, 4) is 17.0 Å². The Morgan fingerprint density at radius 1 is 1.07 bits per heavy atom. The highest BCUT2D eigenvalue weighted by atomic mass is 19.4. The molecule has 3 aromatic rings. The molecule has 1 heterocycles. The lowest BCUT2D eigenvalue weighted by Crippen LogP contribution is -2.29. The van der Waals surface area contributed by atoms with E-state index < -0.39 is 29.8 Å². The monoisotopic (exact) mass is 403 g/mol. The Balaban J connectivity index is 1.78. The molecule has 1 aromatic heterocycles. The Kier molecular flexibility index (Phi) is 5.67. The number of nitrogens with zero attached hydrogens (tertiary/aromatic N) is 2. The highest BCUT2D eigenvalue weighted by molar-refractivity contribution is 5.90. The van der Waals surface area contributed by atoms with Gasteiger partial charge in [0.2, 0.25) is 5.91 Å². The fraction of sp³-hybridized carbons (Fsp3) is 0.150. The van der Waals surface area contributed by atoms with E-state index in [0.29, 0.717) is 17.0 Å². The van der Waals surface area contributed by atoms with Crippen molar-refractivity contribution in [1.82, 2.24) is 9.78 Å². The molecule has 9 heteroatoms. The highest BCUT2D eigenvalue weighted by Crippen LogP contribution is 2.30. The van der Waals surface area contributed by atoms with Gasteiger partial charge in [-0.15, -0.1) is 0 Å². The number of amides is 1. The van der Waals surface area contributed by atoms with E-state index in [-0.39, 0.29) is 5.69 Å². The van der Waals surface area contributed by atoms with Gasteiger partial charge in [-0.3, -0.25) is 9.59 Å². The fourth-order valence-electron chi connectivity index (χ4n) is 2.64. The molecule has 1 N–H and O–H groups in total. The summed E-state index contributed by atoms with van der Waals surface area (Å²) in [5.74, 6) is -0.0454. The minimum Gasteiger partial charge on any atom is -0.496 e. The number of alkyl halides is 3. The van der Waals surface area contributed by atoms with E-state index in [1.165, 1.54) is 19.2 Å². The average molecular weight is 403 g/mol. The van der Waals surface area contributed by atoms with Crippen LogP contribution in [0.15, 0.2) is 65.5 Å². The first-order chi connectivity index (χ1) is 13.8. The van der Waals surface area contributed by atoms with Gasteiger partial charge in [0.05, 0.1) is 18.4 Å². The number of carbonyl (C=O) groups excluding carboxylic acids is 1. The standard InChI is InChI=1S/C20H16F3N3O3/c1-29-17-5-3-2-4-15(17)16-10-11-19(28)26(25-16)12-18(27)24-14-8-6-13(7-9-14)20(21,22)23/h2-11H,12H2,1H3,(H,24,27). The first kappa shape index (κ1) is 20.1. The number of anilines is 1. The highest BCUT2D eigenvalue weighted by Gasteiger charge is 2.30. The molecule has 0 saturated heterocycles. The molecule has 0 unspecified atom stereocenters. The van der Waals surface area contributed by atoms with Crippen molar-refractivity contribution >= 4 is 11.6 Å². The van der Waals surface area contributed by atoms with Gasteiger partial charge >= 0.3 is 6.18 Å². The number of para-hydroxylation sites is 1. The van der Waals surface area contributed by atoms with Gasteiger partial charge in [0.1, 0.15) is 12.3 Å². The third-order valence-corrected chi connectivity index (χ3v) is 4.04. The Labute approximate surface area is 163 Å². The molecule has 0 saturated carbocycles. The molecular weight excluding hydrogens is 387 g/mol. The van der Waals surface area contributed by atoms with Crippen molar-refractivity contribution in [2.24, 2.45) is 0 Å². The Bertz CT molecular complexity index is 1080. The predicted octanol–water partition coefficient (Wildman–Crippen LogP) is 3.58. The van der Waals surface area contributed by atoms with Crippen LogP contribution >= 0.6 is 0 Å². The van der Waals surface area contributed by atoms with Crippen LogP contribution in [0.3, 0.4) is 0 Å². The molecule has 0 bridgehead atoms. The van der Waals surface area contributed by atoms with E-state index in [9.17, 15) is 22.8 Å². The topological polar surface area (TPSA) is 73.2 Å². The molecule has 0 aliphatic carbocycles. The summed E-state index contributed by atoms with van der Waals surface area (Å²) in [6.07, 6.45) is -4.46. The molecule has 0 fully saturated rings. The second kappa shape index (κ2) is 8.17. The van der Waals surface area contributed by atoms with E-state index in [4.69, 9.17) is 4.74 Å². The molecule has 0 atom stereocenters. The minimum atomic E-state index is -4.46. The van der Waals surface area contributed by atoms with Gasteiger partial charge in [0.25, 0.3) is 5.56 Å². The molecule has 0 radical (unpaired) electrons.